The van der Waals surface area contributed by atoms with Crippen LogP contribution in [0.2, 0.25) is 0 Å². The van der Waals surface area contributed by atoms with Crippen molar-refractivity contribution in [2.45, 2.75) is 6.17 Å². The predicted octanol–water partition coefficient (Wildman–Crippen LogP) is 13.4. The van der Waals surface area contributed by atoms with Gasteiger partial charge in [-0.05, 0) is 78.7 Å². The Labute approximate surface area is 330 Å². The molecule has 0 radical (unpaired) electrons. The third-order valence-electron chi connectivity index (χ3n) is 11.2. The normalized spacial score (nSPS) is 14.1. The second-order valence-corrected chi connectivity index (χ2v) is 14.6. The number of furan rings is 1. The van der Waals surface area contributed by atoms with Crippen LogP contribution < -0.4 is 5.32 Å². The van der Waals surface area contributed by atoms with Gasteiger partial charge in [-0.1, -0.05) is 182 Å². The molecule has 268 valence electrons. The summed E-state index contributed by atoms with van der Waals surface area (Å²) in [5, 5.41) is 10.7. The van der Waals surface area contributed by atoms with Crippen LogP contribution in [-0.4, -0.2) is 11.7 Å². The van der Waals surface area contributed by atoms with Gasteiger partial charge in [-0.15, -0.1) is 0 Å². The Morgan fingerprint density at radius 2 is 0.965 bits per heavy atom. The van der Waals surface area contributed by atoms with Crippen molar-refractivity contribution in [2.24, 2.45) is 9.98 Å². The van der Waals surface area contributed by atoms with Gasteiger partial charge in [-0.3, -0.25) is 0 Å². The van der Waals surface area contributed by atoms with E-state index >= 15 is 0 Å². The first kappa shape index (κ1) is 32.8. The summed E-state index contributed by atoms with van der Waals surface area (Å²) < 4.78 is 6.58. The fourth-order valence-corrected chi connectivity index (χ4v) is 8.32. The van der Waals surface area contributed by atoms with Crippen molar-refractivity contribution in [1.29, 1.82) is 0 Å². The molecule has 0 spiro atoms. The quantitative estimate of drug-likeness (QED) is 0.185. The average Bonchev–Trinajstić information content (AvgIpc) is 3.68. The largest absolute Gasteiger partial charge is 0.456 e. The Kier molecular flexibility index (Phi) is 7.85. The van der Waals surface area contributed by atoms with Crippen LogP contribution in [0.4, 0.5) is 0 Å². The van der Waals surface area contributed by atoms with E-state index in [1.807, 2.05) is 18.2 Å². The van der Waals surface area contributed by atoms with E-state index in [1.165, 1.54) is 38.2 Å². The maximum atomic E-state index is 6.58. The van der Waals surface area contributed by atoms with Crippen LogP contribution in [-0.2, 0) is 0 Å². The molecule has 11 rings (SSSR count). The summed E-state index contributed by atoms with van der Waals surface area (Å²) in [7, 11) is 0. The number of rotatable bonds is 6. The van der Waals surface area contributed by atoms with Crippen molar-refractivity contribution in [3.63, 3.8) is 0 Å². The summed E-state index contributed by atoms with van der Waals surface area (Å²) in [5.41, 5.74) is 11.6. The van der Waals surface area contributed by atoms with Gasteiger partial charge in [-0.2, -0.15) is 0 Å². The summed E-state index contributed by atoms with van der Waals surface area (Å²) in [6, 6.07) is 70.5. The number of aliphatic imine (C=N–C) groups is 2. The molecule has 0 aliphatic carbocycles. The highest BCUT2D eigenvalue weighted by Gasteiger charge is 2.25. The van der Waals surface area contributed by atoms with E-state index in [9.17, 15) is 0 Å². The lowest BCUT2D eigenvalue weighted by molar-refractivity contribution is 0.668. The number of hydrogen-bond acceptors (Lipinski definition) is 4. The van der Waals surface area contributed by atoms with Gasteiger partial charge in [0.1, 0.15) is 23.2 Å². The van der Waals surface area contributed by atoms with E-state index in [0.717, 1.165) is 61.2 Å². The van der Waals surface area contributed by atoms with Crippen LogP contribution in [0.25, 0.3) is 76.9 Å². The minimum atomic E-state index is -0.367. The lowest BCUT2D eigenvalue weighted by Gasteiger charge is -2.24. The van der Waals surface area contributed by atoms with Gasteiger partial charge in [0.15, 0.2) is 5.84 Å². The minimum Gasteiger partial charge on any atom is -0.456 e. The number of amidine groups is 2. The van der Waals surface area contributed by atoms with Crippen LogP contribution in [0.3, 0.4) is 0 Å². The molecule has 1 unspecified atom stereocenters. The first-order chi connectivity index (χ1) is 28.2. The third kappa shape index (κ3) is 5.87. The minimum absolute atomic E-state index is 0.367. The molecule has 9 aromatic carbocycles. The molecule has 2 heterocycles. The summed E-state index contributed by atoms with van der Waals surface area (Å²) in [4.78, 5) is 10.6. The Hall–Kier alpha value is -7.56. The van der Waals surface area contributed by atoms with Crippen LogP contribution in [0, 0.1) is 0 Å². The Bertz CT molecular complexity index is 3190. The summed E-state index contributed by atoms with van der Waals surface area (Å²) in [5.74, 6) is 1.42. The predicted molar refractivity (Wildman–Crippen MR) is 237 cm³/mol. The molecule has 10 aromatic rings. The molecule has 0 amide bonds. The van der Waals surface area contributed by atoms with Gasteiger partial charge in [0.2, 0.25) is 0 Å². The standard InChI is InChI=1S/C53H35N3O/c1-2-11-34(12-3-1)36-23-26-39(27-24-36)45-19-9-21-47-49(45)50-46(20-10-22-48(50)57-47)53-55-51(54-52(56-53)42-32-25-35-13-4-5-15-41(35)33-42)40-30-28-38(29-31-40)44-18-8-16-37-14-6-7-17-43(37)44/h1-33,52H,(H,54,55,56). The zero-order valence-electron chi connectivity index (χ0n) is 30.9. The molecule has 1 aliphatic heterocycles. The van der Waals surface area contributed by atoms with Gasteiger partial charge in [0.25, 0.3) is 0 Å². The van der Waals surface area contributed by atoms with E-state index in [-0.39, 0.29) is 6.17 Å². The SMILES string of the molecule is c1ccc(-c2ccc(-c3cccc4oc5cccc(C6=NC(c7ccc(-c8cccc9ccccc89)cc7)=NC(c7ccc8ccccc8c7)N6)c5c34)cc2)cc1. The van der Waals surface area contributed by atoms with Crippen molar-refractivity contribution < 1.29 is 4.42 Å². The third-order valence-corrected chi connectivity index (χ3v) is 11.2. The Morgan fingerprint density at radius 1 is 0.404 bits per heavy atom. The van der Waals surface area contributed by atoms with E-state index < -0.39 is 0 Å². The maximum Gasteiger partial charge on any atom is 0.159 e. The van der Waals surface area contributed by atoms with Gasteiger partial charge < -0.3 is 9.73 Å². The highest BCUT2D eigenvalue weighted by molar-refractivity contribution is 6.24. The van der Waals surface area contributed by atoms with E-state index in [1.54, 1.807) is 0 Å². The van der Waals surface area contributed by atoms with Gasteiger partial charge in [-0.25, -0.2) is 9.98 Å². The topological polar surface area (TPSA) is 49.9 Å². The lowest BCUT2D eigenvalue weighted by atomic mass is 9.95. The van der Waals surface area contributed by atoms with Crippen molar-refractivity contribution in [1.82, 2.24) is 5.32 Å². The molecule has 1 aromatic heterocycles. The van der Waals surface area contributed by atoms with Gasteiger partial charge in [0.05, 0.1) is 0 Å². The fraction of sp³-hybridized carbons (Fsp3) is 0.0189. The molecular formula is C53H35N3O. The van der Waals surface area contributed by atoms with E-state index in [2.05, 4.69) is 187 Å². The molecule has 1 N–H and O–H groups in total. The average molecular weight is 730 g/mol. The number of fused-ring (bicyclic) bond motifs is 5. The highest BCUT2D eigenvalue weighted by atomic mass is 16.3. The van der Waals surface area contributed by atoms with Crippen molar-refractivity contribution in [3.05, 3.63) is 217 Å². The van der Waals surface area contributed by atoms with Crippen LogP contribution in [0.5, 0.6) is 0 Å². The highest BCUT2D eigenvalue weighted by Crippen LogP contribution is 2.40. The monoisotopic (exact) mass is 729 g/mol. The molecule has 0 fully saturated rings. The lowest BCUT2D eigenvalue weighted by Crippen LogP contribution is -2.33. The molecular weight excluding hydrogens is 695 g/mol. The second-order valence-electron chi connectivity index (χ2n) is 14.6. The maximum absolute atomic E-state index is 6.58. The summed E-state index contributed by atoms with van der Waals surface area (Å²) in [6.45, 7) is 0. The molecule has 57 heavy (non-hydrogen) atoms. The number of hydrogen-bond donors (Lipinski definition) is 1. The number of benzene rings is 9. The first-order valence-corrected chi connectivity index (χ1v) is 19.3. The van der Waals surface area contributed by atoms with Crippen molar-refractivity contribution >= 4 is 55.2 Å². The summed E-state index contributed by atoms with van der Waals surface area (Å²) >= 11 is 0. The van der Waals surface area contributed by atoms with Crippen LogP contribution in [0.1, 0.15) is 22.9 Å². The Balaban J connectivity index is 1.05. The Morgan fingerprint density at radius 3 is 1.75 bits per heavy atom. The second kappa shape index (κ2) is 13.6. The molecule has 0 bridgehead atoms. The number of nitrogens with zero attached hydrogens (tertiary/aromatic N) is 2. The van der Waals surface area contributed by atoms with Crippen LogP contribution in [0.15, 0.2) is 215 Å². The first-order valence-electron chi connectivity index (χ1n) is 19.3. The summed E-state index contributed by atoms with van der Waals surface area (Å²) in [6.07, 6.45) is -0.367. The smallest absolute Gasteiger partial charge is 0.159 e. The zero-order valence-corrected chi connectivity index (χ0v) is 30.9. The van der Waals surface area contributed by atoms with E-state index in [4.69, 9.17) is 14.4 Å². The zero-order chi connectivity index (χ0) is 37.7. The van der Waals surface area contributed by atoms with Gasteiger partial charge in [0, 0.05) is 21.9 Å². The van der Waals surface area contributed by atoms with E-state index in [0.29, 0.717) is 5.84 Å². The van der Waals surface area contributed by atoms with Crippen LogP contribution >= 0.6 is 0 Å². The molecule has 1 aliphatic rings. The van der Waals surface area contributed by atoms with Crippen molar-refractivity contribution in [2.75, 3.05) is 0 Å². The molecule has 4 heteroatoms. The molecule has 4 nitrogen and oxygen atoms in total. The van der Waals surface area contributed by atoms with Gasteiger partial charge >= 0.3 is 0 Å². The molecule has 0 saturated heterocycles. The molecule has 1 atom stereocenters. The molecule has 0 saturated carbocycles. The number of nitrogens with one attached hydrogen (secondary N) is 1. The fourth-order valence-electron chi connectivity index (χ4n) is 8.32. The van der Waals surface area contributed by atoms with Crippen molar-refractivity contribution in [3.8, 4) is 33.4 Å².